The lowest BCUT2D eigenvalue weighted by atomic mass is 10.1. The van der Waals surface area contributed by atoms with E-state index in [1.165, 1.54) is 5.56 Å². The van der Waals surface area contributed by atoms with Gasteiger partial charge in [-0.05, 0) is 31.4 Å². The van der Waals surface area contributed by atoms with Gasteiger partial charge in [-0.15, -0.1) is 10.2 Å². The molecule has 1 aliphatic heterocycles. The molecule has 1 aromatic carbocycles. The summed E-state index contributed by atoms with van der Waals surface area (Å²) in [5, 5.41) is 8.39. The van der Waals surface area contributed by atoms with Crippen molar-refractivity contribution in [1.82, 2.24) is 25.1 Å². The summed E-state index contributed by atoms with van der Waals surface area (Å²) in [7, 11) is 0. The summed E-state index contributed by atoms with van der Waals surface area (Å²) < 4.78 is 5.87. The summed E-state index contributed by atoms with van der Waals surface area (Å²) in [6.07, 6.45) is 8.13. The van der Waals surface area contributed by atoms with Gasteiger partial charge in [-0.3, -0.25) is 9.88 Å². The first-order valence-corrected chi connectivity index (χ1v) is 8.28. The molecule has 122 valence electrons. The van der Waals surface area contributed by atoms with Gasteiger partial charge in [-0.1, -0.05) is 30.3 Å². The molecule has 0 amide bonds. The average molecular weight is 321 g/mol. The van der Waals surface area contributed by atoms with Crippen molar-refractivity contribution in [3.8, 4) is 11.6 Å². The van der Waals surface area contributed by atoms with E-state index < -0.39 is 0 Å². The van der Waals surface area contributed by atoms with Crippen LogP contribution in [0.3, 0.4) is 0 Å². The van der Waals surface area contributed by atoms with Gasteiger partial charge in [0.05, 0.1) is 12.2 Å². The highest BCUT2D eigenvalue weighted by Gasteiger charge is 2.30. The van der Waals surface area contributed by atoms with Crippen molar-refractivity contribution in [2.24, 2.45) is 0 Å². The first kappa shape index (κ1) is 15.0. The maximum absolute atomic E-state index is 5.87. The van der Waals surface area contributed by atoms with Gasteiger partial charge in [0.2, 0.25) is 5.89 Å². The minimum atomic E-state index is 0.201. The molecule has 0 saturated carbocycles. The van der Waals surface area contributed by atoms with Crippen molar-refractivity contribution < 1.29 is 4.42 Å². The molecule has 3 heterocycles. The number of aromatic nitrogens is 4. The topological polar surface area (TPSA) is 67.9 Å². The Morgan fingerprint density at radius 1 is 1.12 bits per heavy atom. The highest BCUT2D eigenvalue weighted by molar-refractivity contribution is 5.43. The SMILES string of the molecule is c1ccc(CCN2CCCC2c2nnc(-c3cnccn3)o2)cc1. The van der Waals surface area contributed by atoms with Crippen LogP contribution < -0.4 is 0 Å². The van der Waals surface area contributed by atoms with Crippen LogP contribution in [0.15, 0.2) is 53.3 Å². The Kier molecular flexibility index (Phi) is 4.29. The number of hydrogen-bond acceptors (Lipinski definition) is 6. The monoisotopic (exact) mass is 321 g/mol. The van der Waals surface area contributed by atoms with Crippen molar-refractivity contribution in [3.05, 3.63) is 60.4 Å². The fraction of sp³-hybridized carbons (Fsp3) is 0.333. The molecule has 3 aromatic rings. The van der Waals surface area contributed by atoms with E-state index in [0.717, 1.165) is 32.4 Å². The molecule has 0 bridgehead atoms. The number of rotatable bonds is 5. The van der Waals surface area contributed by atoms with Crippen LogP contribution in [0, 0.1) is 0 Å². The van der Waals surface area contributed by atoms with E-state index in [1.54, 1.807) is 18.6 Å². The quantitative estimate of drug-likeness (QED) is 0.720. The van der Waals surface area contributed by atoms with Gasteiger partial charge in [0.15, 0.2) is 0 Å². The highest BCUT2D eigenvalue weighted by Crippen LogP contribution is 2.32. The minimum absolute atomic E-state index is 0.201. The molecule has 0 radical (unpaired) electrons. The number of benzene rings is 1. The normalized spacial score (nSPS) is 18.1. The van der Waals surface area contributed by atoms with Crippen LogP contribution in [-0.4, -0.2) is 38.2 Å². The van der Waals surface area contributed by atoms with E-state index in [2.05, 4.69) is 55.4 Å². The van der Waals surface area contributed by atoms with Gasteiger partial charge in [0.1, 0.15) is 5.69 Å². The van der Waals surface area contributed by atoms with Crippen molar-refractivity contribution in [2.75, 3.05) is 13.1 Å². The number of likely N-dealkylation sites (tertiary alicyclic amines) is 1. The Hall–Kier alpha value is -2.60. The predicted octanol–water partition coefficient (Wildman–Crippen LogP) is 2.91. The lowest BCUT2D eigenvalue weighted by Gasteiger charge is -2.21. The second kappa shape index (κ2) is 6.88. The van der Waals surface area contributed by atoms with Crippen molar-refractivity contribution in [1.29, 1.82) is 0 Å². The van der Waals surface area contributed by atoms with E-state index in [1.807, 2.05) is 0 Å². The molecule has 1 saturated heterocycles. The highest BCUT2D eigenvalue weighted by atomic mass is 16.4. The number of hydrogen-bond donors (Lipinski definition) is 0. The maximum Gasteiger partial charge on any atom is 0.267 e. The predicted molar refractivity (Wildman–Crippen MR) is 89.0 cm³/mol. The fourth-order valence-corrected chi connectivity index (χ4v) is 3.17. The Morgan fingerprint density at radius 3 is 2.88 bits per heavy atom. The molecule has 1 atom stereocenters. The average Bonchev–Trinajstić information content (AvgIpc) is 3.31. The Labute approximate surface area is 140 Å². The molecule has 6 nitrogen and oxygen atoms in total. The van der Waals surface area contributed by atoms with Gasteiger partial charge >= 0.3 is 0 Å². The molecule has 0 spiro atoms. The smallest absolute Gasteiger partial charge is 0.267 e. The van der Waals surface area contributed by atoms with Crippen LogP contribution >= 0.6 is 0 Å². The van der Waals surface area contributed by atoms with Crippen LogP contribution in [0.5, 0.6) is 0 Å². The Morgan fingerprint density at radius 2 is 2.04 bits per heavy atom. The maximum atomic E-state index is 5.87. The van der Waals surface area contributed by atoms with E-state index in [-0.39, 0.29) is 6.04 Å². The lowest BCUT2D eigenvalue weighted by Crippen LogP contribution is -2.26. The van der Waals surface area contributed by atoms with E-state index in [0.29, 0.717) is 17.5 Å². The van der Waals surface area contributed by atoms with Gasteiger partial charge in [-0.2, -0.15) is 0 Å². The summed E-state index contributed by atoms with van der Waals surface area (Å²) in [6, 6.07) is 10.8. The summed E-state index contributed by atoms with van der Waals surface area (Å²) in [5.41, 5.74) is 1.97. The summed E-state index contributed by atoms with van der Waals surface area (Å²) in [4.78, 5) is 10.7. The molecule has 1 fully saturated rings. The molecule has 6 heteroatoms. The molecule has 0 N–H and O–H groups in total. The summed E-state index contributed by atoms with van der Waals surface area (Å²) in [5.74, 6) is 1.12. The van der Waals surface area contributed by atoms with Crippen LogP contribution in [-0.2, 0) is 6.42 Å². The molecular weight excluding hydrogens is 302 g/mol. The molecule has 2 aromatic heterocycles. The molecule has 1 unspecified atom stereocenters. The molecule has 1 aliphatic rings. The third-order valence-electron chi connectivity index (χ3n) is 4.40. The Balaban J connectivity index is 1.46. The van der Waals surface area contributed by atoms with Crippen molar-refractivity contribution >= 4 is 0 Å². The lowest BCUT2D eigenvalue weighted by molar-refractivity contribution is 0.226. The number of nitrogens with zero attached hydrogens (tertiary/aromatic N) is 5. The Bertz CT molecular complexity index is 774. The summed E-state index contributed by atoms with van der Waals surface area (Å²) in [6.45, 7) is 2.07. The van der Waals surface area contributed by atoms with Gasteiger partial charge in [-0.25, -0.2) is 4.98 Å². The standard InChI is InChI=1S/C18H19N5O/c1-2-5-14(6-3-1)8-12-23-11-4-7-16(23)18-22-21-17(24-18)15-13-19-9-10-20-15/h1-3,5-6,9-10,13,16H,4,7-8,11-12H2. The zero-order chi connectivity index (χ0) is 16.2. The van der Waals surface area contributed by atoms with Gasteiger partial charge in [0, 0.05) is 18.9 Å². The first-order valence-electron chi connectivity index (χ1n) is 8.28. The van der Waals surface area contributed by atoms with Gasteiger partial charge < -0.3 is 4.42 Å². The van der Waals surface area contributed by atoms with Gasteiger partial charge in [0.25, 0.3) is 5.89 Å². The molecule has 0 aliphatic carbocycles. The zero-order valence-electron chi connectivity index (χ0n) is 13.4. The first-order chi connectivity index (χ1) is 11.9. The fourth-order valence-electron chi connectivity index (χ4n) is 3.17. The second-order valence-electron chi connectivity index (χ2n) is 5.97. The van der Waals surface area contributed by atoms with E-state index in [4.69, 9.17) is 4.42 Å². The van der Waals surface area contributed by atoms with Crippen LogP contribution in [0.1, 0.15) is 30.3 Å². The molecule has 24 heavy (non-hydrogen) atoms. The molecule has 4 rings (SSSR count). The second-order valence-corrected chi connectivity index (χ2v) is 5.97. The molecular formula is C18H19N5O. The third kappa shape index (κ3) is 3.19. The minimum Gasteiger partial charge on any atom is -0.417 e. The van der Waals surface area contributed by atoms with E-state index in [9.17, 15) is 0 Å². The zero-order valence-corrected chi connectivity index (χ0v) is 13.4. The summed E-state index contributed by atoms with van der Waals surface area (Å²) >= 11 is 0. The van der Waals surface area contributed by atoms with Crippen molar-refractivity contribution in [2.45, 2.75) is 25.3 Å². The van der Waals surface area contributed by atoms with Crippen LogP contribution in [0.25, 0.3) is 11.6 Å². The van der Waals surface area contributed by atoms with E-state index >= 15 is 0 Å². The van der Waals surface area contributed by atoms with Crippen molar-refractivity contribution in [3.63, 3.8) is 0 Å². The van der Waals surface area contributed by atoms with Crippen LogP contribution in [0.4, 0.5) is 0 Å². The van der Waals surface area contributed by atoms with Crippen LogP contribution in [0.2, 0.25) is 0 Å². The third-order valence-corrected chi connectivity index (χ3v) is 4.40. The largest absolute Gasteiger partial charge is 0.417 e.